The standard InChI is InChI=1S/C13H20ClN3O/c1-3-6-18-13-8-15-7-12(16-13)17-5-4-11(14)10(2)9-17/h7-8,10-11H,3-6,9H2,1-2H3. The van der Waals surface area contributed by atoms with Gasteiger partial charge in [-0.25, -0.2) is 0 Å². The minimum absolute atomic E-state index is 0.272. The van der Waals surface area contributed by atoms with E-state index < -0.39 is 0 Å². The van der Waals surface area contributed by atoms with Gasteiger partial charge in [-0.3, -0.25) is 4.98 Å². The predicted molar refractivity (Wildman–Crippen MR) is 73.5 cm³/mol. The van der Waals surface area contributed by atoms with Gasteiger partial charge in [-0.2, -0.15) is 4.98 Å². The summed E-state index contributed by atoms with van der Waals surface area (Å²) in [5.41, 5.74) is 0. The molecule has 100 valence electrons. The van der Waals surface area contributed by atoms with Crippen LogP contribution in [0.25, 0.3) is 0 Å². The Kier molecular flexibility index (Phi) is 4.64. The Morgan fingerprint density at radius 3 is 3.06 bits per heavy atom. The lowest BCUT2D eigenvalue weighted by Crippen LogP contribution is -2.40. The van der Waals surface area contributed by atoms with Crippen molar-refractivity contribution in [3.63, 3.8) is 0 Å². The summed E-state index contributed by atoms with van der Waals surface area (Å²) >= 11 is 6.23. The highest BCUT2D eigenvalue weighted by Crippen LogP contribution is 2.25. The van der Waals surface area contributed by atoms with Crippen LogP contribution in [0.5, 0.6) is 5.88 Å². The summed E-state index contributed by atoms with van der Waals surface area (Å²) in [6, 6.07) is 0. The monoisotopic (exact) mass is 269 g/mol. The molecule has 1 aromatic heterocycles. The van der Waals surface area contributed by atoms with Gasteiger partial charge in [0.25, 0.3) is 0 Å². The van der Waals surface area contributed by atoms with Gasteiger partial charge in [-0.1, -0.05) is 13.8 Å². The van der Waals surface area contributed by atoms with Crippen LogP contribution in [-0.4, -0.2) is 35.0 Å². The van der Waals surface area contributed by atoms with Crippen LogP contribution in [0, 0.1) is 5.92 Å². The van der Waals surface area contributed by atoms with E-state index in [2.05, 4.69) is 28.7 Å². The number of piperidine rings is 1. The Morgan fingerprint density at radius 2 is 2.33 bits per heavy atom. The molecule has 1 fully saturated rings. The molecule has 2 heterocycles. The largest absolute Gasteiger partial charge is 0.477 e. The topological polar surface area (TPSA) is 38.2 Å². The molecule has 1 saturated heterocycles. The normalized spacial score (nSPS) is 24.1. The smallest absolute Gasteiger partial charge is 0.234 e. The van der Waals surface area contributed by atoms with Gasteiger partial charge in [0.05, 0.1) is 19.0 Å². The van der Waals surface area contributed by atoms with Crippen molar-refractivity contribution in [1.29, 1.82) is 0 Å². The Labute approximate surface area is 113 Å². The molecule has 0 bridgehead atoms. The molecule has 0 aliphatic carbocycles. The summed E-state index contributed by atoms with van der Waals surface area (Å²) in [7, 11) is 0. The van der Waals surface area contributed by atoms with E-state index in [1.807, 2.05) is 0 Å². The van der Waals surface area contributed by atoms with Gasteiger partial charge in [-0.05, 0) is 18.8 Å². The van der Waals surface area contributed by atoms with Gasteiger partial charge in [-0.15, -0.1) is 11.6 Å². The summed E-state index contributed by atoms with van der Waals surface area (Å²) in [5.74, 6) is 1.97. The quantitative estimate of drug-likeness (QED) is 0.788. The third-order valence-electron chi connectivity index (χ3n) is 3.18. The second-order valence-corrected chi connectivity index (χ2v) is 5.35. The van der Waals surface area contributed by atoms with Gasteiger partial charge >= 0.3 is 0 Å². The molecule has 2 atom stereocenters. The van der Waals surface area contributed by atoms with Crippen molar-refractivity contribution in [3.05, 3.63) is 12.4 Å². The predicted octanol–water partition coefficient (Wildman–Crippen LogP) is 2.72. The second-order valence-electron chi connectivity index (χ2n) is 4.79. The van der Waals surface area contributed by atoms with E-state index >= 15 is 0 Å². The number of nitrogens with zero attached hydrogens (tertiary/aromatic N) is 3. The lowest BCUT2D eigenvalue weighted by Gasteiger charge is -2.34. The Bertz CT molecular complexity index is 388. The fraction of sp³-hybridized carbons (Fsp3) is 0.692. The Morgan fingerprint density at radius 1 is 1.50 bits per heavy atom. The van der Waals surface area contributed by atoms with Crippen LogP contribution in [0.2, 0.25) is 0 Å². The lowest BCUT2D eigenvalue weighted by atomic mass is 10.00. The van der Waals surface area contributed by atoms with Crippen LogP contribution in [0.15, 0.2) is 12.4 Å². The number of hydrogen-bond donors (Lipinski definition) is 0. The summed E-state index contributed by atoms with van der Waals surface area (Å²) in [6.07, 6.45) is 5.42. The van der Waals surface area contributed by atoms with E-state index in [0.29, 0.717) is 18.4 Å². The van der Waals surface area contributed by atoms with Crippen molar-refractivity contribution >= 4 is 17.4 Å². The van der Waals surface area contributed by atoms with Crippen molar-refractivity contribution in [2.24, 2.45) is 5.92 Å². The van der Waals surface area contributed by atoms with Crippen LogP contribution in [0.4, 0.5) is 5.82 Å². The van der Waals surface area contributed by atoms with Crippen molar-refractivity contribution in [3.8, 4) is 5.88 Å². The molecule has 0 spiro atoms. The first-order chi connectivity index (χ1) is 8.70. The minimum Gasteiger partial charge on any atom is -0.477 e. The SMILES string of the molecule is CCCOc1cncc(N2CCC(Cl)C(C)C2)n1. The highest BCUT2D eigenvalue weighted by molar-refractivity contribution is 6.20. The van der Waals surface area contributed by atoms with Crippen molar-refractivity contribution in [2.75, 3.05) is 24.6 Å². The molecule has 1 aliphatic heterocycles. The van der Waals surface area contributed by atoms with Crippen LogP contribution in [0.1, 0.15) is 26.7 Å². The maximum absolute atomic E-state index is 6.23. The zero-order valence-corrected chi connectivity index (χ0v) is 11.7. The Balaban J connectivity index is 2.04. The third kappa shape index (κ3) is 3.25. The lowest BCUT2D eigenvalue weighted by molar-refractivity contribution is 0.303. The van der Waals surface area contributed by atoms with E-state index in [1.54, 1.807) is 12.4 Å². The average molecular weight is 270 g/mol. The molecule has 1 aliphatic rings. The minimum atomic E-state index is 0.272. The maximum Gasteiger partial charge on any atom is 0.234 e. The van der Waals surface area contributed by atoms with E-state index in [9.17, 15) is 0 Å². The highest BCUT2D eigenvalue weighted by Gasteiger charge is 2.25. The molecule has 0 saturated carbocycles. The highest BCUT2D eigenvalue weighted by atomic mass is 35.5. The molecule has 5 heteroatoms. The van der Waals surface area contributed by atoms with Crippen LogP contribution < -0.4 is 9.64 Å². The Hall–Kier alpha value is -1.03. The number of aromatic nitrogens is 2. The number of hydrogen-bond acceptors (Lipinski definition) is 4. The molecule has 1 aromatic rings. The fourth-order valence-electron chi connectivity index (χ4n) is 2.09. The summed E-state index contributed by atoms with van der Waals surface area (Å²) < 4.78 is 5.51. The van der Waals surface area contributed by atoms with Crippen LogP contribution >= 0.6 is 11.6 Å². The molecule has 0 aromatic carbocycles. The summed E-state index contributed by atoms with van der Waals surface area (Å²) in [6.45, 7) is 6.79. The number of rotatable bonds is 4. The number of halogens is 1. The first kappa shape index (κ1) is 13.4. The van der Waals surface area contributed by atoms with Gasteiger partial charge < -0.3 is 9.64 Å². The summed E-state index contributed by atoms with van der Waals surface area (Å²) in [5, 5.41) is 0.272. The zero-order chi connectivity index (χ0) is 13.0. The van der Waals surface area contributed by atoms with Crippen molar-refractivity contribution in [1.82, 2.24) is 9.97 Å². The van der Waals surface area contributed by atoms with E-state index in [4.69, 9.17) is 16.3 Å². The summed E-state index contributed by atoms with van der Waals surface area (Å²) in [4.78, 5) is 10.9. The number of anilines is 1. The molecule has 4 nitrogen and oxygen atoms in total. The van der Waals surface area contributed by atoms with Gasteiger partial charge in [0.15, 0.2) is 5.82 Å². The molecule has 0 N–H and O–H groups in total. The maximum atomic E-state index is 6.23. The second kappa shape index (κ2) is 6.23. The molecular weight excluding hydrogens is 250 g/mol. The zero-order valence-electron chi connectivity index (χ0n) is 11.0. The molecule has 0 radical (unpaired) electrons. The van der Waals surface area contributed by atoms with E-state index in [0.717, 1.165) is 31.7 Å². The van der Waals surface area contributed by atoms with Gasteiger partial charge in [0.2, 0.25) is 5.88 Å². The van der Waals surface area contributed by atoms with Gasteiger partial charge in [0.1, 0.15) is 0 Å². The number of ether oxygens (including phenoxy) is 1. The first-order valence-corrected chi connectivity index (χ1v) is 6.98. The van der Waals surface area contributed by atoms with Gasteiger partial charge in [0, 0.05) is 18.5 Å². The molecule has 2 rings (SSSR count). The average Bonchev–Trinajstić information content (AvgIpc) is 2.40. The molecule has 0 amide bonds. The van der Waals surface area contributed by atoms with Crippen molar-refractivity contribution in [2.45, 2.75) is 32.1 Å². The molecule has 18 heavy (non-hydrogen) atoms. The van der Waals surface area contributed by atoms with E-state index in [-0.39, 0.29) is 5.38 Å². The first-order valence-electron chi connectivity index (χ1n) is 6.54. The van der Waals surface area contributed by atoms with Crippen LogP contribution in [-0.2, 0) is 0 Å². The molecule has 2 unspecified atom stereocenters. The van der Waals surface area contributed by atoms with Crippen molar-refractivity contribution < 1.29 is 4.74 Å². The fourth-order valence-corrected chi connectivity index (χ4v) is 2.27. The van der Waals surface area contributed by atoms with E-state index in [1.165, 1.54) is 0 Å². The molecular formula is C13H20ClN3O. The number of alkyl halides is 1. The third-order valence-corrected chi connectivity index (χ3v) is 3.83. The van der Waals surface area contributed by atoms with Crippen LogP contribution in [0.3, 0.4) is 0 Å².